The Kier molecular flexibility index (Phi) is 9.02. The van der Waals surface area contributed by atoms with Crippen molar-refractivity contribution in [1.29, 1.82) is 0 Å². The van der Waals surface area contributed by atoms with E-state index >= 15 is 0 Å². The Morgan fingerprint density at radius 1 is 1.06 bits per heavy atom. The molecule has 1 N–H and O–H groups in total. The van der Waals surface area contributed by atoms with Gasteiger partial charge in [-0.25, -0.2) is 8.42 Å². The van der Waals surface area contributed by atoms with E-state index in [0.29, 0.717) is 26.9 Å². The van der Waals surface area contributed by atoms with Crippen LogP contribution in [0, 0.1) is 6.92 Å². The monoisotopic (exact) mass is 527 g/mol. The highest BCUT2D eigenvalue weighted by atomic mass is 35.5. The first-order valence-corrected chi connectivity index (χ1v) is 13.3. The van der Waals surface area contributed by atoms with Crippen molar-refractivity contribution in [3.8, 4) is 0 Å². The lowest BCUT2D eigenvalue weighted by Gasteiger charge is -2.33. The van der Waals surface area contributed by atoms with Crippen LogP contribution in [0.4, 0.5) is 5.69 Å². The summed E-state index contributed by atoms with van der Waals surface area (Å²) in [7, 11) is -3.78. The summed E-state index contributed by atoms with van der Waals surface area (Å²) in [6.45, 7) is 8.48. The second-order valence-electron chi connectivity index (χ2n) is 9.24. The van der Waals surface area contributed by atoms with E-state index in [1.807, 2.05) is 20.8 Å². The van der Waals surface area contributed by atoms with Crippen LogP contribution in [-0.2, 0) is 26.2 Å². The number of nitrogens with zero attached hydrogens (tertiary/aromatic N) is 2. The normalized spacial score (nSPS) is 12.7. The summed E-state index contributed by atoms with van der Waals surface area (Å²) in [6, 6.07) is 11.0. The van der Waals surface area contributed by atoms with Gasteiger partial charge < -0.3 is 10.2 Å². The van der Waals surface area contributed by atoms with Gasteiger partial charge in [-0.3, -0.25) is 13.9 Å². The van der Waals surface area contributed by atoms with Crippen LogP contribution in [-0.4, -0.2) is 49.5 Å². The van der Waals surface area contributed by atoms with E-state index in [1.54, 1.807) is 56.3 Å². The minimum absolute atomic E-state index is 0.0415. The highest BCUT2D eigenvalue weighted by Crippen LogP contribution is 2.25. The average molecular weight is 529 g/mol. The Hall–Kier alpha value is -2.29. The number of amides is 2. The molecule has 0 fully saturated rings. The standard InChI is InChI=1S/C24H31Cl2N3O4S/c1-16-9-7-8-10-21(16)29(34(6,32)33)15-22(30)28(17(2)23(31)27-24(3,4)5)14-18-11-12-19(25)20(26)13-18/h7-13,17H,14-15H2,1-6H3,(H,27,31)/t17-/m1/s1. The van der Waals surface area contributed by atoms with Crippen LogP contribution in [0.3, 0.4) is 0 Å². The number of carbonyl (C=O) groups excluding carboxylic acids is 2. The molecule has 0 unspecified atom stereocenters. The quantitative estimate of drug-likeness (QED) is 0.551. The van der Waals surface area contributed by atoms with Gasteiger partial charge in [0, 0.05) is 12.1 Å². The van der Waals surface area contributed by atoms with E-state index in [0.717, 1.165) is 10.6 Å². The molecule has 1 atom stereocenters. The minimum Gasteiger partial charge on any atom is -0.350 e. The van der Waals surface area contributed by atoms with Crippen LogP contribution in [0.25, 0.3) is 0 Å². The molecule has 0 aliphatic heterocycles. The predicted octanol–water partition coefficient (Wildman–Crippen LogP) is 4.40. The molecule has 0 heterocycles. The Labute approximate surface area is 212 Å². The van der Waals surface area contributed by atoms with E-state index in [-0.39, 0.29) is 12.5 Å². The number of hydrogen-bond acceptors (Lipinski definition) is 4. The van der Waals surface area contributed by atoms with Crippen LogP contribution in [0.2, 0.25) is 10.0 Å². The van der Waals surface area contributed by atoms with E-state index in [1.165, 1.54) is 4.90 Å². The van der Waals surface area contributed by atoms with Crippen molar-refractivity contribution in [1.82, 2.24) is 10.2 Å². The molecule has 0 saturated carbocycles. The van der Waals surface area contributed by atoms with Gasteiger partial charge in [0.2, 0.25) is 21.8 Å². The lowest BCUT2D eigenvalue weighted by Crippen LogP contribution is -2.54. The van der Waals surface area contributed by atoms with Crippen molar-refractivity contribution >= 4 is 50.7 Å². The molecule has 0 bridgehead atoms. The molecule has 7 nitrogen and oxygen atoms in total. The molecule has 0 radical (unpaired) electrons. The third kappa shape index (κ3) is 7.61. The minimum atomic E-state index is -3.78. The Balaban J connectivity index is 2.44. The highest BCUT2D eigenvalue weighted by molar-refractivity contribution is 7.92. The highest BCUT2D eigenvalue weighted by Gasteiger charge is 2.31. The average Bonchev–Trinajstić information content (AvgIpc) is 2.70. The van der Waals surface area contributed by atoms with Gasteiger partial charge in [-0.15, -0.1) is 0 Å². The fraction of sp³-hybridized carbons (Fsp3) is 0.417. The van der Waals surface area contributed by atoms with E-state index in [4.69, 9.17) is 23.2 Å². The summed E-state index contributed by atoms with van der Waals surface area (Å²) < 4.78 is 26.3. The van der Waals surface area contributed by atoms with Gasteiger partial charge in [0.15, 0.2) is 0 Å². The van der Waals surface area contributed by atoms with Gasteiger partial charge in [-0.1, -0.05) is 47.5 Å². The first kappa shape index (κ1) is 28.0. The van der Waals surface area contributed by atoms with Crippen LogP contribution in [0.15, 0.2) is 42.5 Å². The molecule has 34 heavy (non-hydrogen) atoms. The number of hydrogen-bond donors (Lipinski definition) is 1. The SMILES string of the molecule is Cc1ccccc1N(CC(=O)N(Cc1ccc(Cl)c(Cl)c1)[C@H](C)C(=O)NC(C)(C)C)S(C)(=O)=O. The van der Waals surface area contributed by atoms with Crippen molar-refractivity contribution in [2.24, 2.45) is 0 Å². The van der Waals surface area contributed by atoms with E-state index in [2.05, 4.69) is 5.32 Å². The van der Waals surface area contributed by atoms with Crippen LogP contribution in [0.1, 0.15) is 38.8 Å². The first-order valence-electron chi connectivity index (χ1n) is 10.7. The zero-order chi connectivity index (χ0) is 25.8. The van der Waals surface area contributed by atoms with E-state index in [9.17, 15) is 18.0 Å². The van der Waals surface area contributed by atoms with Gasteiger partial charge in [-0.2, -0.15) is 0 Å². The molecular weight excluding hydrogens is 497 g/mol. The fourth-order valence-electron chi connectivity index (χ4n) is 3.33. The predicted molar refractivity (Wildman–Crippen MR) is 138 cm³/mol. The summed E-state index contributed by atoms with van der Waals surface area (Å²) in [5, 5.41) is 3.55. The molecular formula is C24H31Cl2N3O4S. The van der Waals surface area contributed by atoms with Crippen molar-refractivity contribution < 1.29 is 18.0 Å². The van der Waals surface area contributed by atoms with Crippen molar-refractivity contribution in [3.63, 3.8) is 0 Å². The molecule has 2 rings (SSSR count). The van der Waals surface area contributed by atoms with Crippen LogP contribution >= 0.6 is 23.2 Å². The molecule has 2 aromatic carbocycles. The zero-order valence-electron chi connectivity index (χ0n) is 20.2. The second kappa shape index (κ2) is 11.0. The Morgan fingerprint density at radius 3 is 2.21 bits per heavy atom. The molecule has 2 aromatic rings. The Morgan fingerprint density at radius 2 is 1.68 bits per heavy atom. The molecule has 10 heteroatoms. The third-order valence-corrected chi connectivity index (χ3v) is 6.93. The number of benzene rings is 2. The number of nitrogens with one attached hydrogen (secondary N) is 1. The molecule has 186 valence electrons. The Bertz CT molecular complexity index is 1160. The first-order chi connectivity index (χ1) is 15.6. The maximum Gasteiger partial charge on any atom is 0.244 e. The molecule has 0 saturated heterocycles. The van der Waals surface area contributed by atoms with Crippen molar-refractivity contribution in [2.75, 3.05) is 17.1 Å². The van der Waals surface area contributed by atoms with Gasteiger partial charge in [0.25, 0.3) is 0 Å². The van der Waals surface area contributed by atoms with Gasteiger partial charge in [0.05, 0.1) is 22.0 Å². The number of aryl methyl sites for hydroxylation is 1. The fourth-order valence-corrected chi connectivity index (χ4v) is 4.56. The van der Waals surface area contributed by atoms with Gasteiger partial charge >= 0.3 is 0 Å². The van der Waals surface area contributed by atoms with Crippen molar-refractivity contribution in [3.05, 3.63) is 63.6 Å². The lowest BCUT2D eigenvalue weighted by molar-refractivity contribution is -0.140. The zero-order valence-corrected chi connectivity index (χ0v) is 22.6. The summed E-state index contributed by atoms with van der Waals surface area (Å²) >= 11 is 12.2. The number of para-hydroxylation sites is 1. The number of rotatable bonds is 8. The third-order valence-electron chi connectivity index (χ3n) is 5.07. The molecule has 2 amide bonds. The maximum absolute atomic E-state index is 13.5. The van der Waals surface area contributed by atoms with Gasteiger partial charge in [-0.05, 0) is 63.9 Å². The van der Waals surface area contributed by atoms with Gasteiger partial charge in [0.1, 0.15) is 12.6 Å². The topological polar surface area (TPSA) is 86.8 Å². The maximum atomic E-state index is 13.5. The summed E-state index contributed by atoms with van der Waals surface area (Å²) in [5.41, 5.74) is 1.25. The number of sulfonamides is 1. The van der Waals surface area contributed by atoms with Crippen LogP contribution in [0.5, 0.6) is 0 Å². The summed E-state index contributed by atoms with van der Waals surface area (Å²) in [5.74, 6) is -0.890. The van der Waals surface area contributed by atoms with Crippen LogP contribution < -0.4 is 9.62 Å². The lowest BCUT2D eigenvalue weighted by atomic mass is 10.1. The molecule has 0 aliphatic rings. The molecule has 0 aliphatic carbocycles. The summed E-state index contributed by atoms with van der Waals surface area (Å²) in [4.78, 5) is 27.8. The molecule has 0 aromatic heterocycles. The number of carbonyl (C=O) groups is 2. The van der Waals surface area contributed by atoms with Crippen molar-refractivity contribution in [2.45, 2.75) is 52.7 Å². The van der Waals surface area contributed by atoms with E-state index < -0.39 is 34.1 Å². The largest absolute Gasteiger partial charge is 0.350 e. The summed E-state index contributed by atoms with van der Waals surface area (Å²) in [6.07, 6.45) is 1.05. The smallest absolute Gasteiger partial charge is 0.244 e. The number of halogens is 2. The second-order valence-corrected chi connectivity index (χ2v) is 12.0. The molecule has 0 spiro atoms. The number of anilines is 1.